The van der Waals surface area contributed by atoms with Crippen molar-refractivity contribution in [1.29, 1.82) is 0 Å². The van der Waals surface area contributed by atoms with Crippen LogP contribution in [0.3, 0.4) is 0 Å². The molecule has 1 rings (SSSR count). The third-order valence-electron chi connectivity index (χ3n) is 1.91. The zero-order valence-electron chi connectivity index (χ0n) is 8.57. The molecule has 0 aliphatic carbocycles. The van der Waals surface area contributed by atoms with Gasteiger partial charge >= 0.3 is 0 Å². The number of methoxy groups -OCH3 is 1. The Hall–Kier alpha value is -1.35. The number of hydrogen-bond donors (Lipinski definition) is 1. The lowest BCUT2D eigenvalue weighted by molar-refractivity contribution is 0.0485. The van der Waals surface area contributed by atoms with Crippen LogP contribution in [0.4, 0.5) is 0 Å². The van der Waals surface area contributed by atoms with E-state index in [0.717, 1.165) is 0 Å². The summed E-state index contributed by atoms with van der Waals surface area (Å²) in [4.78, 5) is 11.7. The molecular weight excluding hydrogens is 180 g/mol. The van der Waals surface area contributed by atoms with E-state index in [0.29, 0.717) is 11.3 Å². The monoisotopic (exact) mass is 194 g/mol. The second kappa shape index (κ2) is 3.80. The molecule has 0 spiro atoms. The van der Waals surface area contributed by atoms with E-state index in [4.69, 9.17) is 4.74 Å². The molecule has 0 saturated heterocycles. The normalized spacial score (nSPS) is 11.1. The average molecular weight is 194 g/mol. The fourth-order valence-corrected chi connectivity index (χ4v) is 1.16. The second-order valence-corrected chi connectivity index (χ2v) is 3.59. The van der Waals surface area contributed by atoms with Crippen LogP contribution in [-0.2, 0) is 0 Å². The molecule has 0 bridgehead atoms. The van der Waals surface area contributed by atoms with Crippen molar-refractivity contribution in [1.82, 2.24) is 0 Å². The Bertz CT molecular complexity index is 337. The molecular formula is C11H14O3. The molecule has 0 fully saturated rings. The number of ether oxygens (including phenoxy) is 1. The van der Waals surface area contributed by atoms with E-state index in [9.17, 15) is 9.90 Å². The number of hydrogen-bond acceptors (Lipinski definition) is 3. The van der Waals surface area contributed by atoms with Gasteiger partial charge in [0, 0.05) is 0 Å². The Morgan fingerprint density at radius 2 is 1.93 bits per heavy atom. The molecule has 1 aromatic rings. The zero-order valence-corrected chi connectivity index (χ0v) is 8.57. The first-order valence-electron chi connectivity index (χ1n) is 4.37. The van der Waals surface area contributed by atoms with Gasteiger partial charge in [0.2, 0.25) is 0 Å². The third kappa shape index (κ3) is 2.12. The zero-order chi connectivity index (χ0) is 10.8. The number of Topliss-reactive ketones (excluding diaryl/α,β-unsaturated/α-hetero) is 1. The molecule has 3 heteroatoms. The average Bonchev–Trinajstić information content (AvgIpc) is 2.15. The number of aliphatic hydroxyl groups is 1. The van der Waals surface area contributed by atoms with E-state index in [1.807, 2.05) is 0 Å². The molecule has 76 valence electrons. The lowest BCUT2D eigenvalue weighted by Gasteiger charge is -2.17. The number of ketones is 1. The maximum atomic E-state index is 11.7. The lowest BCUT2D eigenvalue weighted by Crippen LogP contribution is -2.31. The molecule has 0 radical (unpaired) electrons. The highest BCUT2D eigenvalue weighted by Crippen LogP contribution is 2.22. The molecule has 1 N–H and O–H groups in total. The van der Waals surface area contributed by atoms with Gasteiger partial charge in [-0.25, -0.2) is 0 Å². The molecule has 1 aromatic carbocycles. The maximum absolute atomic E-state index is 11.7. The maximum Gasteiger partial charge on any atom is 0.197 e. The summed E-state index contributed by atoms with van der Waals surface area (Å²) in [6, 6.07) is 6.85. The van der Waals surface area contributed by atoms with Gasteiger partial charge in [0.15, 0.2) is 5.78 Å². The van der Waals surface area contributed by atoms with Crippen molar-refractivity contribution in [2.45, 2.75) is 19.4 Å². The fraction of sp³-hybridized carbons (Fsp3) is 0.364. The molecule has 0 atom stereocenters. The molecule has 0 amide bonds. The predicted octanol–water partition coefficient (Wildman–Crippen LogP) is 1.65. The van der Waals surface area contributed by atoms with Crippen LogP contribution in [0.1, 0.15) is 24.2 Å². The topological polar surface area (TPSA) is 46.5 Å². The van der Waals surface area contributed by atoms with Gasteiger partial charge in [0.05, 0.1) is 12.7 Å². The van der Waals surface area contributed by atoms with Crippen LogP contribution in [0, 0.1) is 0 Å². The molecule has 0 unspecified atom stereocenters. The van der Waals surface area contributed by atoms with Crippen molar-refractivity contribution in [3.63, 3.8) is 0 Å². The highest BCUT2D eigenvalue weighted by Gasteiger charge is 2.27. The fourth-order valence-electron chi connectivity index (χ4n) is 1.16. The molecule has 0 saturated carbocycles. The summed E-state index contributed by atoms with van der Waals surface area (Å²) in [7, 11) is 1.50. The van der Waals surface area contributed by atoms with Gasteiger partial charge in [-0.05, 0) is 26.0 Å². The van der Waals surface area contributed by atoms with Gasteiger partial charge in [-0.15, -0.1) is 0 Å². The van der Waals surface area contributed by atoms with Crippen LogP contribution in [0.5, 0.6) is 5.75 Å². The largest absolute Gasteiger partial charge is 0.496 e. The van der Waals surface area contributed by atoms with Gasteiger partial charge < -0.3 is 9.84 Å². The minimum atomic E-state index is -1.37. The van der Waals surface area contributed by atoms with E-state index in [2.05, 4.69) is 0 Å². The number of carbonyl (C=O) groups excluding carboxylic acids is 1. The third-order valence-corrected chi connectivity index (χ3v) is 1.91. The summed E-state index contributed by atoms with van der Waals surface area (Å²) in [5, 5.41) is 9.55. The van der Waals surface area contributed by atoms with Crippen molar-refractivity contribution in [3.05, 3.63) is 29.8 Å². The Kier molecular flexibility index (Phi) is 2.91. The molecule has 0 heterocycles. The van der Waals surface area contributed by atoms with E-state index >= 15 is 0 Å². The molecule has 0 aliphatic heterocycles. The summed E-state index contributed by atoms with van der Waals surface area (Å²) in [6.45, 7) is 2.92. The Morgan fingerprint density at radius 1 is 1.36 bits per heavy atom. The van der Waals surface area contributed by atoms with E-state index < -0.39 is 5.60 Å². The number of rotatable bonds is 3. The summed E-state index contributed by atoms with van der Waals surface area (Å²) < 4.78 is 5.03. The molecule has 0 aromatic heterocycles. The van der Waals surface area contributed by atoms with Gasteiger partial charge in [0.1, 0.15) is 11.4 Å². The molecule has 0 aliphatic rings. The van der Waals surface area contributed by atoms with Gasteiger partial charge in [-0.2, -0.15) is 0 Å². The number of benzene rings is 1. The minimum Gasteiger partial charge on any atom is -0.496 e. The van der Waals surface area contributed by atoms with Crippen LogP contribution in [0.15, 0.2) is 24.3 Å². The second-order valence-electron chi connectivity index (χ2n) is 3.59. The Morgan fingerprint density at radius 3 is 2.43 bits per heavy atom. The van der Waals surface area contributed by atoms with E-state index in [1.54, 1.807) is 24.3 Å². The lowest BCUT2D eigenvalue weighted by atomic mass is 9.96. The van der Waals surface area contributed by atoms with Crippen LogP contribution in [-0.4, -0.2) is 23.6 Å². The van der Waals surface area contributed by atoms with Crippen molar-refractivity contribution in [2.75, 3.05) is 7.11 Å². The van der Waals surface area contributed by atoms with Crippen LogP contribution >= 0.6 is 0 Å². The van der Waals surface area contributed by atoms with Gasteiger partial charge in [-0.1, -0.05) is 12.1 Å². The summed E-state index contributed by atoms with van der Waals surface area (Å²) >= 11 is 0. The van der Waals surface area contributed by atoms with Crippen LogP contribution < -0.4 is 4.74 Å². The number of para-hydroxylation sites is 1. The summed E-state index contributed by atoms with van der Waals surface area (Å²) in [5.74, 6) is 0.148. The quantitative estimate of drug-likeness (QED) is 0.744. The van der Waals surface area contributed by atoms with Crippen LogP contribution in [0.2, 0.25) is 0 Å². The minimum absolute atomic E-state index is 0.338. The first-order valence-corrected chi connectivity index (χ1v) is 4.37. The Labute approximate surface area is 83.3 Å². The van der Waals surface area contributed by atoms with Crippen molar-refractivity contribution in [2.24, 2.45) is 0 Å². The molecule has 3 nitrogen and oxygen atoms in total. The standard InChI is InChI=1S/C11H14O3/c1-11(2,13)10(12)8-6-4-5-7-9(8)14-3/h4-7,13H,1-3H3. The van der Waals surface area contributed by atoms with E-state index in [-0.39, 0.29) is 5.78 Å². The van der Waals surface area contributed by atoms with E-state index in [1.165, 1.54) is 21.0 Å². The summed E-state index contributed by atoms with van der Waals surface area (Å²) in [6.07, 6.45) is 0. The first kappa shape index (κ1) is 10.7. The first-order chi connectivity index (χ1) is 6.46. The SMILES string of the molecule is COc1ccccc1C(=O)C(C)(C)O. The molecule has 14 heavy (non-hydrogen) atoms. The highest BCUT2D eigenvalue weighted by atomic mass is 16.5. The summed E-state index contributed by atoms with van der Waals surface area (Å²) in [5.41, 5.74) is -0.961. The van der Waals surface area contributed by atoms with Gasteiger partial charge in [-0.3, -0.25) is 4.79 Å². The Balaban J connectivity index is 3.13. The predicted molar refractivity (Wildman–Crippen MR) is 53.6 cm³/mol. The smallest absolute Gasteiger partial charge is 0.197 e. The van der Waals surface area contributed by atoms with Crippen molar-refractivity contribution >= 4 is 5.78 Å². The number of carbonyl (C=O) groups is 1. The van der Waals surface area contributed by atoms with Crippen molar-refractivity contribution < 1.29 is 14.6 Å². The highest BCUT2D eigenvalue weighted by molar-refractivity contribution is 6.03. The van der Waals surface area contributed by atoms with Gasteiger partial charge in [0.25, 0.3) is 0 Å². The van der Waals surface area contributed by atoms with Crippen molar-refractivity contribution in [3.8, 4) is 5.75 Å². The van der Waals surface area contributed by atoms with Crippen LogP contribution in [0.25, 0.3) is 0 Å².